The summed E-state index contributed by atoms with van der Waals surface area (Å²) in [7, 11) is 0. The van der Waals surface area contributed by atoms with Crippen molar-refractivity contribution in [2.24, 2.45) is 5.73 Å². The Morgan fingerprint density at radius 1 is 1.58 bits per heavy atom. The molecule has 4 nitrogen and oxygen atoms in total. The first-order chi connectivity index (χ1) is 5.70. The molecule has 0 aliphatic heterocycles. The summed E-state index contributed by atoms with van der Waals surface area (Å²) in [6, 6.07) is 0. The number of nitrogens with two attached hydrogens (primary N) is 1. The van der Waals surface area contributed by atoms with Crippen LogP contribution in [0.15, 0.2) is 12.7 Å². The molecule has 0 unspecified atom stereocenters. The van der Waals surface area contributed by atoms with Crippen molar-refractivity contribution in [3.63, 3.8) is 0 Å². The molecule has 3 N–H and O–H groups in total. The first-order valence-corrected chi connectivity index (χ1v) is 3.95. The SMILES string of the molecule is C=CCN(CCN)CCC(=O)O. The maximum Gasteiger partial charge on any atom is 0.304 e. The molecule has 0 spiro atoms. The second-order valence-electron chi connectivity index (χ2n) is 2.52. The van der Waals surface area contributed by atoms with Gasteiger partial charge in [0.05, 0.1) is 6.42 Å². The van der Waals surface area contributed by atoms with Gasteiger partial charge in [-0.2, -0.15) is 0 Å². The topological polar surface area (TPSA) is 66.6 Å². The smallest absolute Gasteiger partial charge is 0.304 e. The fraction of sp³-hybridized carbons (Fsp3) is 0.625. The highest BCUT2D eigenvalue weighted by atomic mass is 16.4. The summed E-state index contributed by atoms with van der Waals surface area (Å²) < 4.78 is 0. The van der Waals surface area contributed by atoms with Gasteiger partial charge in [-0.3, -0.25) is 9.69 Å². The summed E-state index contributed by atoms with van der Waals surface area (Å²) in [5.74, 6) is -0.777. The lowest BCUT2D eigenvalue weighted by molar-refractivity contribution is -0.137. The summed E-state index contributed by atoms with van der Waals surface area (Å²) in [6.45, 7) is 6.09. The maximum atomic E-state index is 10.2. The van der Waals surface area contributed by atoms with E-state index in [-0.39, 0.29) is 6.42 Å². The largest absolute Gasteiger partial charge is 0.481 e. The van der Waals surface area contributed by atoms with Gasteiger partial charge in [-0.15, -0.1) is 6.58 Å². The fourth-order valence-electron chi connectivity index (χ4n) is 0.913. The summed E-state index contributed by atoms with van der Waals surface area (Å²) in [5.41, 5.74) is 5.34. The van der Waals surface area contributed by atoms with Crippen LogP contribution < -0.4 is 5.73 Å². The molecular formula is C8H16N2O2. The molecule has 0 aromatic rings. The number of rotatable bonds is 7. The van der Waals surface area contributed by atoms with E-state index in [4.69, 9.17) is 10.8 Å². The summed E-state index contributed by atoms with van der Waals surface area (Å²) in [6.07, 6.45) is 1.91. The molecule has 0 amide bonds. The van der Waals surface area contributed by atoms with E-state index < -0.39 is 5.97 Å². The molecule has 0 aromatic heterocycles. The van der Waals surface area contributed by atoms with Crippen LogP contribution in [0.25, 0.3) is 0 Å². The second kappa shape index (κ2) is 6.82. The first kappa shape index (κ1) is 11.1. The van der Waals surface area contributed by atoms with Crippen molar-refractivity contribution in [1.82, 2.24) is 4.90 Å². The van der Waals surface area contributed by atoms with E-state index in [2.05, 4.69) is 6.58 Å². The molecule has 0 rings (SSSR count). The molecule has 4 heteroatoms. The standard InChI is InChI=1S/C8H16N2O2/c1-2-5-10(7-4-9)6-3-8(11)12/h2H,1,3-7,9H2,(H,11,12). The Hall–Kier alpha value is -0.870. The molecule has 0 fully saturated rings. The van der Waals surface area contributed by atoms with Crippen molar-refractivity contribution >= 4 is 5.97 Å². The van der Waals surface area contributed by atoms with Crippen molar-refractivity contribution < 1.29 is 9.90 Å². The van der Waals surface area contributed by atoms with Crippen LogP contribution in [0.2, 0.25) is 0 Å². The lowest BCUT2D eigenvalue weighted by Gasteiger charge is -2.17. The van der Waals surface area contributed by atoms with Crippen LogP contribution in [-0.4, -0.2) is 42.2 Å². The molecule has 70 valence electrons. The fourth-order valence-corrected chi connectivity index (χ4v) is 0.913. The summed E-state index contributed by atoms with van der Waals surface area (Å²) in [4.78, 5) is 12.2. The predicted octanol–water partition coefficient (Wildman–Crippen LogP) is -0.0922. The van der Waals surface area contributed by atoms with Gasteiger partial charge in [0, 0.05) is 26.2 Å². The van der Waals surface area contributed by atoms with E-state index in [1.807, 2.05) is 4.90 Å². The van der Waals surface area contributed by atoms with Gasteiger partial charge in [0.25, 0.3) is 0 Å². The number of aliphatic carboxylic acids is 1. The van der Waals surface area contributed by atoms with Crippen molar-refractivity contribution in [3.05, 3.63) is 12.7 Å². The molecule has 0 aliphatic rings. The van der Waals surface area contributed by atoms with Gasteiger partial charge in [-0.1, -0.05) is 6.08 Å². The molecule has 0 aromatic carbocycles. The van der Waals surface area contributed by atoms with Crippen molar-refractivity contribution in [2.75, 3.05) is 26.2 Å². The molecule has 0 aliphatic carbocycles. The third kappa shape index (κ3) is 5.88. The van der Waals surface area contributed by atoms with Crippen LogP contribution in [0.4, 0.5) is 0 Å². The Morgan fingerprint density at radius 2 is 2.25 bits per heavy atom. The Morgan fingerprint density at radius 3 is 2.67 bits per heavy atom. The molecule has 0 atom stereocenters. The number of carbonyl (C=O) groups is 1. The van der Waals surface area contributed by atoms with Crippen LogP contribution >= 0.6 is 0 Å². The Labute approximate surface area is 72.7 Å². The number of nitrogens with zero attached hydrogens (tertiary/aromatic N) is 1. The van der Waals surface area contributed by atoms with Crippen LogP contribution in [0, 0.1) is 0 Å². The quantitative estimate of drug-likeness (QED) is 0.527. The molecule has 0 saturated carbocycles. The molecule has 0 radical (unpaired) electrons. The van der Waals surface area contributed by atoms with Crippen molar-refractivity contribution in [1.29, 1.82) is 0 Å². The molecule has 0 heterocycles. The highest BCUT2D eigenvalue weighted by molar-refractivity contribution is 5.66. The Bertz CT molecular complexity index is 148. The molecular weight excluding hydrogens is 156 g/mol. The number of hydrogen-bond donors (Lipinski definition) is 2. The lowest BCUT2D eigenvalue weighted by atomic mass is 10.3. The van der Waals surface area contributed by atoms with Gasteiger partial charge in [-0.05, 0) is 0 Å². The van der Waals surface area contributed by atoms with Crippen LogP contribution in [0.3, 0.4) is 0 Å². The lowest BCUT2D eigenvalue weighted by Crippen LogP contribution is -2.31. The van der Waals surface area contributed by atoms with E-state index >= 15 is 0 Å². The minimum Gasteiger partial charge on any atom is -0.481 e. The average molecular weight is 172 g/mol. The predicted molar refractivity (Wildman–Crippen MR) is 47.9 cm³/mol. The normalized spacial score (nSPS) is 10.2. The van der Waals surface area contributed by atoms with E-state index in [0.717, 1.165) is 6.54 Å². The first-order valence-electron chi connectivity index (χ1n) is 3.95. The number of carboxylic acids is 1. The molecule has 0 bridgehead atoms. The number of hydrogen-bond acceptors (Lipinski definition) is 3. The van der Waals surface area contributed by atoms with E-state index in [1.165, 1.54) is 0 Å². The second-order valence-corrected chi connectivity index (χ2v) is 2.52. The minimum atomic E-state index is -0.777. The van der Waals surface area contributed by atoms with Gasteiger partial charge in [0.15, 0.2) is 0 Å². The summed E-state index contributed by atoms with van der Waals surface area (Å²) in [5, 5.41) is 8.42. The van der Waals surface area contributed by atoms with Gasteiger partial charge < -0.3 is 10.8 Å². The van der Waals surface area contributed by atoms with Crippen LogP contribution in [-0.2, 0) is 4.79 Å². The van der Waals surface area contributed by atoms with Crippen LogP contribution in [0.1, 0.15) is 6.42 Å². The Kier molecular flexibility index (Phi) is 6.32. The van der Waals surface area contributed by atoms with Gasteiger partial charge in [0.2, 0.25) is 0 Å². The maximum absolute atomic E-state index is 10.2. The number of carboxylic acid groups (broad SMARTS) is 1. The Balaban J connectivity index is 3.61. The van der Waals surface area contributed by atoms with Crippen molar-refractivity contribution in [3.8, 4) is 0 Å². The third-order valence-corrected chi connectivity index (χ3v) is 1.47. The molecule has 0 saturated heterocycles. The zero-order chi connectivity index (χ0) is 9.40. The summed E-state index contributed by atoms with van der Waals surface area (Å²) >= 11 is 0. The highest BCUT2D eigenvalue weighted by Gasteiger charge is 2.03. The van der Waals surface area contributed by atoms with Gasteiger partial charge >= 0.3 is 5.97 Å². The third-order valence-electron chi connectivity index (χ3n) is 1.47. The zero-order valence-corrected chi connectivity index (χ0v) is 7.20. The van der Waals surface area contributed by atoms with E-state index in [9.17, 15) is 4.79 Å². The van der Waals surface area contributed by atoms with E-state index in [1.54, 1.807) is 6.08 Å². The minimum absolute atomic E-state index is 0.161. The monoisotopic (exact) mass is 172 g/mol. The zero-order valence-electron chi connectivity index (χ0n) is 7.20. The van der Waals surface area contributed by atoms with Crippen molar-refractivity contribution in [2.45, 2.75) is 6.42 Å². The highest BCUT2D eigenvalue weighted by Crippen LogP contribution is 1.90. The molecule has 12 heavy (non-hydrogen) atoms. The van der Waals surface area contributed by atoms with E-state index in [0.29, 0.717) is 19.6 Å². The van der Waals surface area contributed by atoms with Gasteiger partial charge in [-0.25, -0.2) is 0 Å². The van der Waals surface area contributed by atoms with Crippen LogP contribution in [0.5, 0.6) is 0 Å². The average Bonchev–Trinajstić information content (AvgIpc) is 2.01. The van der Waals surface area contributed by atoms with Gasteiger partial charge in [0.1, 0.15) is 0 Å².